The van der Waals surface area contributed by atoms with Gasteiger partial charge in [0.05, 0.1) is 6.10 Å². The molecule has 41 heavy (non-hydrogen) atoms. The summed E-state index contributed by atoms with van der Waals surface area (Å²) in [5, 5.41) is 20.5. The van der Waals surface area contributed by atoms with E-state index in [4.69, 9.17) is 19.9 Å². The number of hydrogen-bond donors (Lipinski definition) is 3. The average Bonchev–Trinajstić information content (AvgIpc) is 2.93. The first-order valence-corrected chi connectivity index (χ1v) is 14.9. The lowest BCUT2D eigenvalue weighted by Crippen LogP contribution is -2.27. The molecule has 4 N–H and O–H groups in total. The topological polar surface area (TPSA) is 141 Å². The molecule has 0 radical (unpaired) electrons. The lowest BCUT2D eigenvalue weighted by Gasteiger charge is -2.26. The molecule has 0 unspecified atom stereocenters. The molecule has 3 rings (SSSR count). The van der Waals surface area contributed by atoms with E-state index in [0.717, 1.165) is 48.8 Å². The van der Waals surface area contributed by atoms with Gasteiger partial charge < -0.3 is 30.2 Å². The Labute approximate surface area is 243 Å². The summed E-state index contributed by atoms with van der Waals surface area (Å²) in [5.74, 6) is 0.183. The molecule has 1 saturated carbocycles. The highest BCUT2D eigenvalue weighted by Gasteiger charge is 2.24. The number of aromatic hydroxyl groups is 1. The Morgan fingerprint density at radius 1 is 1.02 bits per heavy atom. The molecule has 1 heterocycles. The van der Waals surface area contributed by atoms with Crippen LogP contribution in [0.1, 0.15) is 90.5 Å². The number of aliphatic hydroxyl groups excluding tert-OH is 1. The van der Waals surface area contributed by atoms with Crippen molar-refractivity contribution < 1.29 is 34.0 Å². The predicted molar refractivity (Wildman–Crippen MR) is 157 cm³/mol. The molecular weight excluding hydrogens is 524 g/mol. The molecule has 226 valence electrons. The molecule has 0 saturated heterocycles. The van der Waals surface area contributed by atoms with Crippen LogP contribution in [-0.2, 0) is 25.5 Å². The van der Waals surface area contributed by atoms with Crippen LogP contribution in [0.4, 0.5) is 5.82 Å². The molecule has 1 aliphatic rings. The average molecular weight is 571 g/mol. The Bertz CT molecular complexity index is 1130. The first kappa shape index (κ1) is 32.2. The second kappa shape index (κ2) is 16.2. The number of hydrogen-bond acceptors (Lipinski definition) is 9. The summed E-state index contributed by atoms with van der Waals surface area (Å²) in [6, 6.07) is 7.16. The zero-order valence-corrected chi connectivity index (χ0v) is 24.6. The number of carbonyl (C=O) groups excluding carboxylic acids is 2. The first-order valence-electron chi connectivity index (χ1n) is 14.9. The van der Waals surface area contributed by atoms with Crippen LogP contribution < -0.4 is 10.5 Å². The van der Waals surface area contributed by atoms with Crippen LogP contribution in [0.25, 0.3) is 11.1 Å². The number of nitrogens with two attached hydrogens (primary N) is 1. The second-order valence-corrected chi connectivity index (χ2v) is 11.1. The number of nitrogens with zero attached hydrogens (tertiary/aromatic N) is 1. The summed E-state index contributed by atoms with van der Waals surface area (Å²) in [6.07, 6.45) is 9.49. The molecule has 9 nitrogen and oxygen atoms in total. The second-order valence-electron chi connectivity index (χ2n) is 11.1. The Hall–Kier alpha value is -3.33. The molecule has 0 aliphatic heterocycles. The van der Waals surface area contributed by atoms with Gasteiger partial charge in [0.25, 0.3) is 0 Å². The Balaban J connectivity index is 1.85. The van der Waals surface area contributed by atoms with E-state index in [2.05, 4.69) is 4.98 Å². The number of aryl methyl sites for hydroxylation is 1. The molecular formula is C32H46N2O7. The quantitative estimate of drug-likeness (QED) is 0.229. The van der Waals surface area contributed by atoms with E-state index in [1.54, 1.807) is 18.3 Å². The van der Waals surface area contributed by atoms with E-state index in [-0.39, 0.29) is 24.4 Å². The largest absolute Gasteiger partial charge is 0.504 e. The molecule has 1 fully saturated rings. The highest BCUT2D eigenvalue weighted by molar-refractivity contribution is 5.72. The maximum Gasteiger partial charge on any atom is 0.302 e. The molecule has 1 aromatic heterocycles. The van der Waals surface area contributed by atoms with Crippen molar-refractivity contribution in [1.82, 2.24) is 4.98 Å². The Kier molecular flexibility index (Phi) is 12.7. The van der Waals surface area contributed by atoms with Crippen LogP contribution in [0.3, 0.4) is 0 Å². The number of aliphatic hydroxyl groups is 1. The first-order chi connectivity index (χ1) is 19.7. The highest BCUT2D eigenvalue weighted by Crippen LogP contribution is 2.38. The lowest BCUT2D eigenvalue weighted by molar-refractivity contribution is -0.153. The van der Waals surface area contributed by atoms with Gasteiger partial charge in [-0.05, 0) is 98.2 Å². The minimum absolute atomic E-state index is 0.0607. The van der Waals surface area contributed by atoms with Crippen molar-refractivity contribution >= 4 is 17.8 Å². The zero-order valence-electron chi connectivity index (χ0n) is 24.6. The fraction of sp³-hybridized carbons (Fsp3) is 0.594. The molecule has 2 aromatic rings. The van der Waals surface area contributed by atoms with Crippen molar-refractivity contribution in [2.45, 2.75) is 110 Å². The Morgan fingerprint density at radius 2 is 1.71 bits per heavy atom. The van der Waals surface area contributed by atoms with E-state index >= 15 is 0 Å². The fourth-order valence-corrected chi connectivity index (χ4v) is 5.53. The summed E-state index contributed by atoms with van der Waals surface area (Å²) in [5.41, 5.74) is 8.47. The lowest BCUT2D eigenvalue weighted by atomic mass is 9.92. The molecule has 9 heteroatoms. The number of anilines is 1. The third kappa shape index (κ3) is 10.5. The normalized spacial score (nSPS) is 16.0. The van der Waals surface area contributed by atoms with Crippen molar-refractivity contribution in [1.29, 1.82) is 0 Å². The van der Waals surface area contributed by atoms with Gasteiger partial charge in [0.2, 0.25) is 0 Å². The van der Waals surface area contributed by atoms with Crippen molar-refractivity contribution in [3.63, 3.8) is 0 Å². The third-order valence-electron chi connectivity index (χ3n) is 7.78. The van der Waals surface area contributed by atoms with Gasteiger partial charge in [-0.15, -0.1) is 0 Å². The number of pyridine rings is 1. The number of carbonyl (C=O) groups is 2. The van der Waals surface area contributed by atoms with Gasteiger partial charge in [-0.3, -0.25) is 9.59 Å². The number of ether oxygens (including phenoxy) is 3. The van der Waals surface area contributed by atoms with Crippen LogP contribution in [0.2, 0.25) is 0 Å². The predicted octanol–water partition coefficient (Wildman–Crippen LogP) is 5.73. The smallest absolute Gasteiger partial charge is 0.302 e. The van der Waals surface area contributed by atoms with Gasteiger partial charge in [-0.2, -0.15) is 0 Å². The highest BCUT2D eigenvalue weighted by atomic mass is 16.6. The zero-order chi connectivity index (χ0) is 29.8. The molecule has 0 amide bonds. The minimum Gasteiger partial charge on any atom is -0.504 e. The Morgan fingerprint density at radius 3 is 2.32 bits per heavy atom. The summed E-state index contributed by atoms with van der Waals surface area (Å²) in [6.45, 7) is 4.83. The maximum atomic E-state index is 12.0. The minimum atomic E-state index is -0.502. The number of phenols is 1. The third-order valence-corrected chi connectivity index (χ3v) is 7.78. The van der Waals surface area contributed by atoms with E-state index in [0.29, 0.717) is 43.7 Å². The summed E-state index contributed by atoms with van der Waals surface area (Å²) in [4.78, 5) is 28.0. The number of rotatable bonds is 15. The van der Waals surface area contributed by atoms with E-state index < -0.39 is 24.1 Å². The SMILES string of the molecule is CC[C@H](CO)CC[C@@H](C[C@@H](CCc1cc(OC2CCCCC2)c(O)cc1-c1ccnc(N)c1)OC(C)=O)OC(C)=O. The summed E-state index contributed by atoms with van der Waals surface area (Å²) < 4.78 is 17.5. The van der Waals surface area contributed by atoms with Crippen LogP contribution >= 0.6 is 0 Å². The van der Waals surface area contributed by atoms with E-state index in [1.165, 1.54) is 20.3 Å². The van der Waals surface area contributed by atoms with Crippen molar-refractivity contribution in [3.8, 4) is 22.6 Å². The number of benzene rings is 1. The molecule has 1 aromatic carbocycles. The van der Waals surface area contributed by atoms with Gasteiger partial charge in [0.1, 0.15) is 18.0 Å². The number of nitrogen functional groups attached to an aromatic ring is 1. The number of phenolic OH excluding ortho intramolecular Hbond substituents is 1. The molecule has 0 bridgehead atoms. The van der Waals surface area contributed by atoms with Crippen LogP contribution in [0.15, 0.2) is 30.5 Å². The van der Waals surface area contributed by atoms with Crippen molar-refractivity contribution in [2.24, 2.45) is 5.92 Å². The van der Waals surface area contributed by atoms with Gasteiger partial charge in [-0.1, -0.05) is 19.8 Å². The van der Waals surface area contributed by atoms with Gasteiger partial charge in [0, 0.05) is 33.1 Å². The van der Waals surface area contributed by atoms with Gasteiger partial charge in [0.15, 0.2) is 11.5 Å². The van der Waals surface area contributed by atoms with Crippen LogP contribution in [-0.4, -0.2) is 52.1 Å². The number of esters is 2. The number of aromatic nitrogens is 1. The standard InChI is InChI=1S/C32H46N2O7/c1-4-23(20-35)10-12-27(39-21(2)36)18-28(40-22(3)37)13-11-24-16-31(41-26-8-6-5-7-9-26)30(38)19-29(24)25-14-15-34-32(33)17-25/h14-17,19,23,26-28,35,38H,4-13,18,20H2,1-3H3,(H2,33,34)/t23-,27-,28+/m0/s1. The van der Waals surface area contributed by atoms with Crippen LogP contribution in [0, 0.1) is 5.92 Å². The van der Waals surface area contributed by atoms with E-state index in [1.807, 2.05) is 19.1 Å². The fourth-order valence-electron chi connectivity index (χ4n) is 5.53. The van der Waals surface area contributed by atoms with E-state index in [9.17, 15) is 19.8 Å². The van der Waals surface area contributed by atoms with Gasteiger partial charge >= 0.3 is 11.9 Å². The summed E-state index contributed by atoms with van der Waals surface area (Å²) in [7, 11) is 0. The van der Waals surface area contributed by atoms with Crippen molar-refractivity contribution in [2.75, 3.05) is 12.3 Å². The molecule has 3 atom stereocenters. The van der Waals surface area contributed by atoms with Crippen LogP contribution in [0.5, 0.6) is 11.5 Å². The van der Waals surface area contributed by atoms with Crippen molar-refractivity contribution in [3.05, 3.63) is 36.0 Å². The summed E-state index contributed by atoms with van der Waals surface area (Å²) >= 11 is 0. The molecule has 1 aliphatic carbocycles. The maximum absolute atomic E-state index is 12.0. The molecule has 0 spiro atoms. The van der Waals surface area contributed by atoms with Gasteiger partial charge in [-0.25, -0.2) is 4.98 Å². The monoisotopic (exact) mass is 570 g/mol.